The molecule has 2 atom stereocenters. The Kier molecular flexibility index (Phi) is 7.26. The van der Waals surface area contributed by atoms with Crippen LogP contribution in [0.25, 0.3) is 0 Å². The van der Waals surface area contributed by atoms with Gasteiger partial charge < -0.3 is 14.8 Å². The Morgan fingerprint density at radius 1 is 1.03 bits per heavy atom. The number of carbonyl (C=O) groups excluding carboxylic acids is 1. The van der Waals surface area contributed by atoms with Crippen LogP contribution >= 0.6 is 0 Å². The average molecular weight is 509 g/mol. The van der Waals surface area contributed by atoms with Crippen LogP contribution in [0.1, 0.15) is 49.4 Å². The molecule has 4 rings (SSSR count). The van der Waals surface area contributed by atoms with Crippen molar-refractivity contribution in [3.05, 3.63) is 83.4 Å². The largest absolute Gasteiger partial charge is 0.496 e. The predicted molar refractivity (Wildman–Crippen MR) is 140 cm³/mol. The molecule has 0 aliphatic carbocycles. The summed E-state index contributed by atoms with van der Waals surface area (Å²) in [5.74, 6) is 1.03. The number of ether oxygens (including phenoxy) is 2. The molecule has 0 fully saturated rings. The second-order valence-corrected chi connectivity index (χ2v) is 11.1. The number of hydrogen-bond acceptors (Lipinski definition) is 5. The predicted octanol–water partition coefficient (Wildman–Crippen LogP) is 4.96. The number of aryl methyl sites for hydroxylation is 1. The minimum atomic E-state index is -3.89. The number of anilines is 1. The van der Waals surface area contributed by atoms with Crippen molar-refractivity contribution in [1.29, 1.82) is 0 Å². The van der Waals surface area contributed by atoms with E-state index in [0.29, 0.717) is 11.4 Å². The zero-order chi connectivity index (χ0) is 26.0. The minimum Gasteiger partial charge on any atom is -0.496 e. The number of benzene rings is 3. The number of rotatable bonds is 7. The van der Waals surface area contributed by atoms with E-state index in [9.17, 15) is 13.2 Å². The summed E-state index contributed by atoms with van der Waals surface area (Å²) in [6.45, 7) is 7.94. The summed E-state index contributed by atoms with van der Waals surface area (Å²) in [4.78, 5) is 13.5. The first-order valence-corrected chi connectivity index (χ1v) is 13.4. The fraction of sp³-hybridized carbons (Fsp3) is 0.321. The fourth-order valence-electron chi connectivity index (χ4n) is 4.48. The zero-order valence-electron chi connectivity index (χ0n) is 21.2. The number of amides is 1. The maximum absolute atomic E-state index is 13.5. The highest BCUT2D eigenvalue weighted by atomic mass is 32.2. The zero-order valence-corrected chi connectivity index (χ0v) is 22.0. The van der Waals surface area contributed by atoms with E-state index in [0.717, 1.165) is 22.4 Å². The van der Waals surface area contributed by atoms with Crippen LogP contribution < -0.4 is 19.1 Å². The molecule has 36 heavy (non-hydrogen) atoms. The van der Waals surface area contributed by atoms with E-state index in [2.05, 4.69) is 25.2 Å². The van der Waals surface area contributed by atoms with Gasteiger partial charge in [0.15, 0.2) is 6.10 Å². The number of hydrogen-bond donors (Lipinski definition) is 1. The number of nitrogens with one attached hydrogen (secondary N) is 1. The van der Waals surface area contributed by atoms with Gasteiger partial charge in [0.05, 0.1) is 30.3 Å². The van der Waals surface area contributed by atoms with Crippen molar-refractivity contribution >= 4 is 21.6 Å². The van der Waals surface area contributed by atoms with Gasteiger partial charge in [-0.3, -0.25) is 9.10 Å². The summed E-state index contributed by atoms with van der Waals surface area (Å²) in [5.41, 5.74) is 3.43. The fourth-order valence-corrected chi connectivity index (χ4v) is 5.98. The molecule has 0 bridgehead atoms. The van der Waals surface area contributed by atoms with E-state index >= 15 is 0 Å². The summed E-state index contributed by atoms with van der Waals surface area (Å²) in [6.07, 6.45) is -1.01. The summed E-state index contributed by atoms with van der Waals surface area (Å²) in [6, 6.07) is 18.8. The van der Waals surface area contributed by atoms with Crippen molar-refractivity contribution < 1.29 is 22.7 Å². The highest BCUT2D eigenvalue weighted by Crippen LogP contribution is 2.37. The van der Waals surface area contributed by atoms with Crippen LogP contribution in [0.3, 0.4) is 0 Å². The Balaban J connectivity index is 1.61. The molecule has 0 unspecified atom stereocenters. The lowest BCUT2D eigenvalue weighted by molar-refractivity contribution is -0.128. The van der Waals surface area contributed by atoms with E-state index in [1.165, 1.54) is 4.31 Å². The molecule has 1 aliphatic heterocycles. The number of methoxy groups -OCH3 is 1. The van der Waals surface area contributed by atoms with Crippen LogP contribution in [-0.2, 0) is 14.8 Å². The molecule has 0 spiro atoms. The van der Waals surface area contributed by atoms with Crippen LogP contribution in [-0.4, -0.2) is 34.1 Å². The van der Waals surface area contributed by atoms with Crippen molar-refractivity contribution in [2.75, 3.05) is 18.0 Å². The average Bonchev–Trinajstić information content (AvgIpc) is 2.87. The van der Waals surface area contributed by atoms with E-state index < -0.39 is 16.1 Å². The summed E-state index contributed by atoms with van der Waals surface area (Å²) < 4.78 is 39.8. The van der Waals surface area contributed by atoms with Crippen LogP contribution in [0, 0.1) is 6.92 Å². The normalized spacial score (nSPS) is 16.2. The minimum absolute atomic E-state index is 0.133. The Hall–Kier alpha value is -3.52. The van der Waals surface area contributed by atoms with Gasteiger partial charge in [0.25, 0.3) is 15.9 Å². The van der Waals surface area contributed by atoms with Crippen LogP contribution in [0.2, 0.25) is 0 Å². The molecule has 7 nitrogen and oxygen atoms in total. The third-order valence-corrected chi connectivity index (χ3v) is 8.22. The lowest BCUT2D eigenvalue weighted by Crippen LogP contribution is -2.51. The van der Waals surface area contributed by atoms with Crippen molar-refractivity contribution in [3.63, 3.8) is 0 Å². The van der Waals surface area contributed by atoms with Gasteiger partial charge in [-0.05, 0) is 72.9 Å². The van der Waals surface area contributed by atoms with Crippen molar-refractivity contribution in [3.8, 4) is 11.5 Å². The van der Waals surface area contributed by atoms with Crippen LogP contribution in [0.15, 0.2) is 71.6 Å². The molecule has 190 valence electrons. The number of fused-ring (bicyclic) bond motifs is 1. The quantitative estimate of drug-likeness (QED) is 0.488. The Morgan fingerprint density at radius 3 is 2.36 bits per heavy atom. The van der Waals surface area contributed by atoms with Crippen molar-refractivity contribution in [2.45, 2.75) is 50.7 Å². The molecule has 1 N–H and O–H groups in total. The maximum Gasteiger partial charge on any atom is 0.264 e. The number of carbonyl (C=O) groups is 1. The van der Waals surface area contributed by atoms with Gasteiger partial charge in [-0.25, -0.2) is 8.42 Å². The van der Waals surface area contributed by atoms with E-state index in [1.54, 1.807) is 61.7 Å². The summed E-state index contributed by atoms with van der Waals surface area (Å²) >= 11 is 0. The Labute approximate surface area is 213 Å². The first-order chi connectivity index (χ1) is 17.1. The standard InChI is InChI=1S/C28H32N2O5S/c1-18(2)22-16-23(19(3)15-26(22)34-5)20(4)29-28(31)27-17-30(24-13-9-10-14-25(24)35-27)36(32,33)21-11-7-6-8-12-21/h6-16,18,20,27H,17H2,1-5H3,(H,29,31)/t20-,27-/m0/s1. The van der Waals surface area contributed by atoms with Gasteiger partial charge in [0, 0.05) is 0 Å². The topological polar surface area (TPSA) is 84.9 Å². The summed E-state index contributed by atoms with van der Waals surface area (Å²) in [5, 5.41) is 3.03. The SMILES string of the molecule is COc1cc(C)c([C@H](C)NC(=O)[C@@H]2CN(S(=O)(=O)c3ccccc3)c3ccccc3O2)cc1C(C)C. The molecule has 1 heterocycles. The van der Waals surface area contributed by atoms with Crippen molar-refractivity contribution in [2.24, 2.45) is 0 Å². The van der Waals surface area contributed by atoms with Gasteiger partial charge in [-0.15, -0.1) is 0 Å². The second-order valence-electron chi connectivity index (χ2n) is 9.26. The molecule has 1 amide bonds. The highest BCUT2D eigenvalue weighted by Gasteiger charge is 2.37. The molecule has 3 aromatic rings. The molecule has 0 saturated carbocycles. The van der Waals surface area contributed by atoms with E-state index in [4.69, 9.17) is 9.47 Å². The molecule has 3 aromatic carbocycles. The molecule has 0 radical (unpaired) electrons. The molecule has 0 saturated heterocycles. The number of nitrogens with zero attached hydrogens (tertiary/aromatic N) is 1. The molecule has 1 aliphatic rings. The Morgan fingerprint density at radius 2 is 1.69 bits per heavy atom. The van der Waals surface area contributed by atoms with E-state index in [1.807, 2.05) is 19.9 Å². The molecule has 0 aromatic heterocycles. The lowest BCUT2D eigenvalue weighted by atomic mass is 9.93. The first-order valence-electron chi connectivity index (χ1n) is 12.0. The number of sulfonamides is 1. The number of para-hydroxylation sites is 2. The first kappa shape index (κ1) is 25.6. The van der Waals surface area contributed by atoms with E-state index in [-0.39, 0.29) is 29.3 Å². The molecule has 8 heteroatoms. The van der Waals surface area contributed by atoms with Crippen LogP contribution in [0.4, 0.5) is 5.69 Å². The third-order valence-electron chi connectivity index (χ3n) is 6.42. The van der Waals surface area contributed by atoms with Crippen LogP contribution in [0.5, 0.6) is 11.5 Å². The smallest absolute Gasteiger partial charge is 0.264 e. The Bertz CT molecular complexity index is 1360. The molecular formula is C28H32N2O5S. The van der Waals surface area contributed by atoms with Gasteiger partial charge in [0.1, 0.15) is 11.5 Å². The maximum atomic E-state index is 13.5. The van der Waals surface area contributed by atoms with Gasteiger partial charge in [-0.2, -0.15) is 0 Å². The monoisotopic (exact) mass is 508 g/mol. The molecular weight excluding hydrogens is 476 g/mol. The van der Waals surface area contributed by atoms with Gasteiger partial charge in [-0.1, -0.05) is 44.2 Å². The van der Waals surface area contributed by atoms with Crippen molar-refractivity contribution in [1.82, 2.24) is 5.32 Å². The summed E-state index contributed by atoms with van der Waals surface area (Å²) in [7, 11) is -2.24. The lowest BCUT2D eigenvalue weighted by Gasteiger charge is -2.35. The second kappa shape index (κ2) is 10.2. The third kappa shape index (κ3) is 4.91. The van der Waals surface area contributed by atoms with Gasteiger partial charge >= 0.3 is 0 Å². The highest BCUT2D eigenvalue weighted by molar-refractivity contribution is 7.92. The van der Waals surface area contributed by atoms with Gasteiger partial charge in [0.2, 0.25) is 0 Å².